The van der Waals surface area contributed by atoms with E-state index in [1.54, 1.807) is 5.38 Å². The number of fused-ring (bicyclic) bond motifs is 1. The van der Waals surface area contributed by atoms with Gasteiger partial charge in [0.15, 0.2) is 6.04 Å². The standard InChI is InChI=1S/C16H18F3N3OS/c1-9-3-4-11-12(8-24-13(11)5-9)15(23)21-14(16(17,18)19)10-6-20-22(2)7-10/h6-9,14H,3-5H2,1-2H3,(H,21,23)/t9-,14+/m1/s1. The first kappa shape index (κ1) is 17.0. The van der Waals surface area contributed by atoms with Gasteiger partial charge in [-0.3, -0.25) is 9.48 Å². The summed E-state index contributed by atoms with van der Waals surface area (Å²) in [5, 5.41) is 7.58. The molecule has 0 saturated carbocycles. The summed E-state index contributed by atoms with van der Waals surface area (Å²) in [4.78, 5) is 13.6. The summed E-state index contributed by atoms with van der Waals surface area (Å²) < 4.78 is 41.4. The maximum absolute atomic E-state index is 13.4. The van der Waals surface area contributed by atoms with Crippen molar-refractivity contribution in [2.75, 3.05) is 0 Å². The molecule has 130 valence electrons. The van der Waals surface area contributed by atoms with Crippen molar-refractivity contribution in [2.24, 2.45) is 13.0 Å². The van der Waals surface area contributed by atoms with Crippen molar-refractivity contribution >= 4 is 17.2 Å². The minimum atomic E-state index is -4.58. The number of nitrogens with zero attached hydrogens (tertiary/aromatic N) is 2. The Balaban J connectivity index is 1.84. The highest BCUT2D eigenvalue weighted by atomic mass is 32.1. The molecule has 0 unspecified atom stereocenters. The first-order chi connectivity index (χ1) is 11.3. The lowest BCUT2D eigenvalue weighted by atomic mass is 9.88. The lowest BCUT2D eigenvalue weighted by Gasteiger charge is -2.22. The van der Waals surface area contributed by atoms with E-state index in [1.807, 2.05) is 0 Å². The molecular formula is C16H18F3N3OS. The van der Waals surface area contributed by atoms with Gasteiger partial charge in [0, 0.05) is 29.1 Å². The second kappa shape index (κ2) is 6.23. The lowest BCUT2D eigenvalue weighted by Crippen LogP contribution is -2.38. The van der Waals surface area contributed by atoms with Gasteiger partial charge in [-0.2, -0.15) is 18.3 Å². The molecule has 0 radical (unpaired) electrons. The minimum Gasteiger partial charge on any atom is -0.337 e. The normalized spacial score (nSPS) is 19.0. The van der Waals surface area contributed by atoms with Crippen LogP contribution in [0.1, 0.15) is 45.7 Å². The second-order valence-corrected chi connectivity index (χ2v) is 7.26. The smallest absolute Gasteiger partial charge is 0.337 e. The SMILES string of the molecule is C[C@@H]1CCc2c(C(=O)N[C@@H](c3cnn(C)c3)C(F)(F)F)csc2C1. The average Bonchev–Trinajstić information content (AvgIpc) is 3.09. The van der Waals surface area contributed by atoms with Gasteiger partial charge >= 0.3 is 6.18 Å². The Kier molecular flexibility index (Phi) is 4.42. The number of hydrogen-bond donors (Lipinski definition) is 1. The molecule has 2 aromatic rings. The van der Waals surface area contributed by atoms with Crippen LogP contribution in [-0.2, 0) is 19.9 Å². The number of aromatic nitrogens is 2. The molecule has 1 N–H and O–H groups in total. The van der Waals surface area contributed by atoms with E-state index in [0.29, 0.717) is 11.5 Å². The highest BCUT2D eigenvalue weighted by Gasteiger charge is 2.43. The fraction of sp³-hybridized carbons (Fsp3) is 0.500. The van der Waals surface area contributed by atoms with Gasteiger partial charge in [-0.15, -0.1) is 11.3 Å². The molecule has 2 aromatic heterocycles. The molecule has 2 heterocycles. The minimum absolute atomic E-state index is 0.0731. The van der Waals surface area contributed by atoms with Crippen LogP contribution in [0.3, 0.4) is 0 Å². The Bertz CT molecular complexity index is 750. The van der Waals surface area contributed by atoms with Gasteiger partial charge in [0.1, 0.15) is 0 Å². The van der Waals surface area contributed by atoms with E-state index >= 15 is 0 Å². The molecule has 1 aliphatic carbocycles. The summed E-state index contributed by atoms with van der Waals surface area (Å²) >= 11 is 1.46. The molecule has 1 amide bonds. The topological polar surface area (TPSA) is 46.9 Å². The van der Waals surface area contributed by atoms with Crippen LogP contribution in [0.2, 0.25) is 0 Å². The molecule has 0 aliphatic heterocycles. The maximum atomic E-state index is 13.4. The maximum Gasteiger partial charge on any atom is 0.413 e. The first-order valence-corrected chi connectivity index (χ1v) is 8.59. The van der Waals surface area contributed by atoms with Crippen molar-refractivity contribution in [1.82, 2.24) is 15.1 Å². The number of carbonyl (C=O) groups excluding carboxylic acids is 1. The van der Waals surface area contributed by atoms with Gasteiger partial charge in [0.25, 0.3) is 5.91 Å². The monoisotopic (exact) mass is 357 g/mol. The van der Waals surface area contributed by atoms with Crippen LogP contribution in [-0.4, -0.2) is 21.9 Å². The van der Waals surface area contributed by atoms with Gasteiger partial charge < -0.3 is 5.32 Å². The number of alkyl halides is 3. The molecule has 0 aromatic carbocycles. The van der Waals surface area contributed by atoms with E-state index in [0.717, 1.165) is 35.9 Å². The summed E-state index contributed by atoms with van der Waals surface area (Å²) in [7, 11) is 1.54. The molecule has 3 rings (SSSR count). The third-order valence-electron chi connectivity index (χ3n) is 4.31. The van der Waals surface area contributed by atoms with Crippen LogP contribution in [0.4, 0.5) is 13.2 Å². The second-order valence-electron chi connectivity index (χ2n) is 6.29. The molecular weight excluding hydrogens is 339 g/mol. The van der Waals surface area contributed by atoms with E-state index < -0.39 is 18.1 Å². The van der Waals surface area contributed by atoms with E-state index in [2.05, 4.69) is 17.3 Å². The molecule has 0 fully saturated rings. The molecule has 1 aliphatic rings. The number of amides is 1. The van der Waals surface area contributed by atoms with Crippen molar-refractivity contribution < 1.29 is 18.0 Å². The van der Waals surface area contributed by atoms with Gasteiger partial charge in [-0.1, -0.05) is 6.92 Å². The summed E-state index contributed by atoms with van der Waals surface area (Å²) in [6.45, 7) is 2.14. The Morgan fingerprint density at radius 3 is 2.88 bits per heavy atom. The predicted octanol–water partition coefficient (Wildman–Crippen LogP) is 3.64. The molecule has 0 saturated heterocycles. The molecule has 0 bridgehead atoms. The van der Waals surface area contributed by atoms with Crippen molar-refractivity contribution in [3.05, 3.63) is 39.3 Å². The Morgan fingerprint density at radius 2 is 2.25 bits per heavy atom. The number of rotatable bonds is 3. The summed E-state index contributed by atoms with van der Waals surface area (Å²) in [6.07, 6.45) is 0.399. The van der Waals surface area contributed by atoms with Crippen molar-refractivity contribution in [2.45, 2.75) is 38.4 Å². The zero-order valence-corrected chi connectivity index (χ0v) is 14.2. The van der Waals surface area contributed by atoms with E-state index in [1.165, 1.54) is 29.3 Å². The number of aryl methyl sites for hydroxylation is 1. The van der Waals surface area contributed by atoms with Crippen LogP contribution < -0.4 is 5.32 Å². The van der Waals surface area contributed by atoms with Crippen molar-refractivity contribution in [1.29, 1.82) is 0 Å². The molecule has 8 heteroatoms. The fourth-order valence-corrected chi connectivity index (χ4v) is 4.26. The van der Waals surface area contributed by atoms with Crippen LogP contribution in [0.25, 0.3) is 0 Å². The average molecular weight is 357 g/mol. The van der Waals surface area contributed by atoms with Gasteiger partial charge in [-0.25, -0.2) is 0 Å². The summed E-state index contributed by atoms with van der Waals surface area (Å²) in [5.74, 6) is -0.126. The van der Waals surface area contributed by atoms with Crippen LogP contribution in [0.5, 0.6) is 0 Å². The largest absolute Gasteiger partial charge is 0.413 e. The van der Waals surface area contributed by atoms with Gasteiger partial charge in [0.2, 0.25) is 0 Å². The van der Waals surface area contributed by atoms with E-state index in [9.17, 15) is 18.0 Å². The number of hydrogen-bond acceptors (Lipinski definition) is 3. The Morgan fingerprint density at radius 1 is 1.50 bits per heavy atom. The van der Waals surface area contributed by atoms with E-state index in [4.69, 9.17) is 0 Å². The number of thiophene rings is 1. The van der Waals surface area contributed by atoms with Crippen molar-refractivity contribution in [3.63, 3.8) is 0 Å². The molecule has 4 nitrogen and oxygen atoms in total. The quantitative estimate of drug-likeness (QED) is 0.912. The Hall–Kier alpha value is -1.83. The van der Waals surface area contributed by atoms with Crippen molar-refractivity contribution in [3.8, 4) is 0 Å². The highest BCUT2D eigenvalue weighted by molar-refractivity contribution is 7.10. The third-order valence-corrected chi connectivity index (χ3v) is 5.36. The molecule has 24 heavy (non-hydrogen) atoms. The third kappa shape index (κ3) is 3.33. The van der Waals surface area contributed by atoms with Crippen LogP contribution >= 0.6 is 11.3 Å². The van der Waals surface area contributed by atoms with Crippen LogP contribution in [0.15, 0.2) is 17.8 Å². The van der Waals surface area contributed by atoms with Crippen LogP contribution in [0, 0.1) is 5.92 Å². The number of halogens is 3. The van der Waals surface area contributed by atoms with Gasteiger partial charge in [-0.05, 0) is 30.7 Å². The predicted molar refractivity (Wildman–Crippen MR) is 85.0 cm³/mol. The molecule has 0 spiro atoms. The lowest BCUT2D eigenvalue weighted by molar-refractivity contribution is -0.155. The fourth-order valence-electron chi connectivity index (χ4n) is 3.02. The molecule has 2 atom stereocenters. The number of carbonyl (C=O) groups is 1. The summed E-state index contributed by atoms with van der Waals surface area (Å²) in [6, 6.07) is -2.06. The highest BCUT2D eigenvalue weighted by Crippen LogP contribution is 2.35. The zero-order valence-electron chi connectivity index (χ0n) is 13.4. The zero-order chi connectivity index (χ0) is 17.5. The number of nitrogens with one attached hydrogen (secondary N) is 1. The summed E-state index contributed by atoms with van der Waals surface area (Å²) in [5.41, 5.74) is 1.21. The Labute approximate surface area is 141 Å². The van der Waals surface area contributed by atoms with E-state index in [-0.39, 0.29) is 5.56 Å². The van der Waals surface area contributed by atoms with Gasteiger partial charge in [0.05, 0.1) is 11.8 Å². The first-order valence-electron chi connectivity index (χ1n) is 7.71.